The molecule has 32 heavy (non-hydrogen) atoms. The van der Waals surface area contributed by atoms with Crippen molar-refractivity contribution in [2.45, 2.75) is 64.3 Å². The number of hydrogen-bond donors (Lipinski definition) is 2. The number of ether oxygens (including phenoxy) is 2. The average Bonchev–Trinajstić information content (AvgIpc) is 3.24. The fourth-order valence-corrected chi connectivity index (χ4v) is 4.64. The Morgan fingerprint density at radius 1 is 1.22 bits per heavy atom. The summed E-state index contributed by atoms with van der Waals surface area (Å²) in [6.45, 7) is 9.74. The van der Waals surface area contributed by atoms with Crippen LogP contribution in [0.2, 0.25) is 25.7 Å². The number of nitrogens with one attached hydrogen (secondary N) is 1. The normalized spacial score (nSPS) is 16.2. The second-order valence-electron chi connectivity index (χ2n) is 9.87. The third kappa shape index (κ3) is 7.76. The Kier molecular flexibility index (Phi) is 8.90. The quantitative estimate of drug-likeness (QED) is 0.396. The Bertz CT molecular complexity index is 829. The fraction of sp³-hybridized carbons (Fsp3) is 0.583. The van der Waals surface area contributed by atoms with E-state index in [-0.39, 0.29) is 6.09 Å². The Morgan fingerprint density at radius 3 is 2.62 bits per heavy atom. The van der Waals surface area contributed by atoms with Crippen LogP contribution in [0.1, 0.15) is 42.2 Å². The van der Waals surface area contributed by atoms with E-state index in [1.54, 1.807) is 11.1 Å². The molecule has 1 aromatic heterocycles. The maximum Gasteiger partial charge on any atom is 0.410 e. The van der Waals surface area contributed by atoms with Gasteiger partial charge in [0.2, 0.25) is 0 Å². The van der Waals surface area contributed by atoms with Crippen molar-refractivity contribution in [3.8, 4) is 0 Å². The topological polar surface area (TPSA) is 87.7 Å². The number of amides is 1. The first-order valence-corrected chi connectivity index (χ1v) is 15.3. The lowest BCUT2D eigenvalue weighted by atomic mass is 9.89. The van der Waals surface area contributed by atoms with Gasteiger partial charge in [0.15, 0.2) is 0 Å². The van der Waals surface area contributed by atoms with E-state index in [9.17, 15) is 9.90 Å². The second-order valence-corrected chi connectivity index (χ2v) is 15.5. The largest absolute Gasteiger partial charge is 0.445 e. The molecule has 1 atom stereocenters. The van der Waals surface area contributed by atoms with Gasteiger partial charge < -0.3 is 19.5 Å². The van der Waals surface area contributed by atoms with Crippen LogP contribution in [0.4, 0.5) is 4.79 Å². The fourth-order valence-electron chi connectivity index (χ4n) is 3.88. The number of piperidine rings is 1. The van der Waals surface area contributed by atoms with E-state index in [1.807, 2.05) is 30.3 Å². The molecule has 3 rings (SSSR count). The summed E-state index contributed by atoms with van der Waals surface area (Å²) in [5.41, 5.74) is 2.59. The van der Waals surface area contributed by atoms with Crippen LogP contribution < -0.4 is 0 Å². The molecule has 1 saturated heterocycles. The van der Waals surface area contributed by atoms with E-state index >= 15 is 0 Å². The minimum atomic E-state index is -1.12. The van der Waals surface area contributed by atoms with Gasteiger partial charge in [-0.25, -0.2) is 4.79 Å². The zero-order valence-corrected chi connectivity index (χ0v) is 20.5. The highest BCUT2D eigenvalue weighted by atomic mass is 28.3. The van der Waals surface area contributed by atoms with Crippen LogP contribution in [0.5, 0.6) is 0 Å². The zero-order chi connectivity index (χ0) is 23.0. The first-order chi connectivity index (χ1) is 15.3. The summed E-state index contributed by atoms with van der Waals surface area (Å²) in [6, 6.07) is 10.8. The van der Waals surface area contributed by atoms with Gasteiger partial charge in [0.05, 0.1) is 18.4 Å². The van der Waals surface area contributed by atoms with Gasteiger partial charge in [-0.15, -0.1) is 0 Å². The van der Waals surface area contributed by atoms with Gasteiger partial charge in [0.1, 0.15) is 6.61 Å². The molecular formula is C24H37N3O4Si. The Morgan fingerprint density at radius 2 is 1.94 bits per heavy atom. The molecule has 0 spiro atoms. The molecule has 2 aromatic rings. The highest BCUT2D eigenvalue weighted by Gasteiger charge is 2.27. The average molecular weight is 460 g/mol. The van der Waals surface area contributed by atoms with Crippen molar-refractivity contribution in [1.82, 2.24) is 15.1 Å². The number of aromatic nitrogens is 2. The Hall–Kier alpha value is -2.16. The number of aliphatic hydroxyl groups is 1. The third-order valence-corrected chi connectivity index (χ3v) is 7.69. The summed E-state index contributed by atoms with van der Waals surface area (Å²) in [7, 11) is -1.12. The number of H-pyrrole nitrogens is 1. The summed E-state index contributed by atoms with van der Waals surface area (Å²) < 4.78 is 11.3. The predicted octanol–water partition coefficient (Wildman–Crippen LogP) is 4.74. The summed E-state index contributed by atoms with van der Waals surface area (Å²) in [5, 5.41) is 17.9. The van der Waals surface area contributed by atoms with Gasteiger partial charge >= 0.3 is 6.09 Å². The summed E-state index contributed by atoms with van der Waals surface area (Å²) >= 11 is 0. The molecule has 1 amide bonds. The number of rotatable bonds is 10. The van der Waals surface area contributed by atoms with Crippen molar-refractivity contribution in [3.05, 3.63) is 53.3 Å². The molecule has 2 heterocycles. The molecule has 1 aliphatic heterocycles. The molecule has 1 fully saturated rings. The van der Waals surface area contributed by atoms with Gasteiger partial charge in [-0.1, -0.05) is 50.0 Å². The highest BCUT2D eigenvalue weighted by Crippen LogP contribution is 2.30. The van der Waals surface area contributed by atoms with Gasteiger partial charge in [0, 0.05) is 39.5 Å². The number of carbonyl (C=O) groups is 1. The minimum Gasteiger partial charge on any atom is -0.445 e. The van der Waals surface area contributed by atoms with E-state index in [0.717, 1.165) is 42.3 Å². The van der Waals surface area contributed by atoms with Crippen molar-refractivity contribution < 1.29 is 19.4 Å². The summed E-state index contributed by atoms with van der Waals surface area (Å²) in [4.78, 5) is 14.1. The van der Waals surface area contributed by atoms with Crippen LogP contribution in [0.3, 0.4) is 0 Å². The number of likely N-dealkylation sites (tertiary alicyclic amines) is 1. The molecule has 1 aliphatic rings. The number of nitrogens with zero attached hydrogens (tertiary/aromatic N) is 2. The van der Waals surface area contributed by atoms with Crippen molar-refractivity contribution in [1.29, 1.82) is 0 Å². The lowest BCUT2D eigenvalue weighted by molar-refractivity contribution is 0.0711. The number of hydrogen-bond acceptors (Lipinski definition) is 5. The zero-order valence-electron chi connectivity index (χ0n) is 19.5. The smallest absolute Gasteiger partial charge is 0.410 e. The molecule has 176 valence electrons. The van der Waals surface area contributed by atoms with Gasteiger partial charge in [-0.2, -0.15) is 5.10 Å². The summed E-state index contributed by atoms with van der Waals surface area (Å²) in [6.07, 6.45) is 3.31. The van der Waals surface area contributed by atoms with Crippen molar-refractivity contribution in [3.63, 3.8) is 0 Å². The summed E-state index contributed by atoms with van der Waals surface area (Å²) in [5.74, 6) is 0.360. The monoisotopic (exact) mass is 459 g/mol. The van der Waals surface area contributed by atoms with Crippen LogP contribution >= 0.6 is 0 Å². The first-order valence-electron chi connectivity index (χ1n) is 11.6. The molecule has 0 radical (unpaired) electrons. The second kappa shape index (κ2) is 11.6. The minimum absolute atomic E-state index is 0.263. The lowest BCUT2D eigenvalue weighted by Gasteiger charge is -2.32. The van der Waals surface area contributed by atoms with Gasteiger partial charge in [-0.3, -0.25) is 5.10 Å². The van der Waals surface area contributed by atoms with Crippen molar-refractivity contribution in [2.75, 3.05) is 19.7 Å². The van der Waals surface area contributed by atoms with E-state index < -0.39 is 14.2 Å². The Labute approximate surface area is 192 Å². The maximum atomic E-state index is 12.3. The molecule has 7 nitrogen and oxygen atoms in total. The standard InChI is InChI=1S/C24H37N3O4Si/c1-32(2,3)14-13-30-18-22-21(16-25-26-22)23(28)15-19-9-11-27(12-10-19)24(29)31-17-20-7-5-4-6-8-20/h4-8,16,19,23,28H,9-15,17-18H2,1-3H3,(H,25,26)/t23-/m0/s1. The SMILES string of the molecule is C[Si](C)(C)CCOCc1n[nH]cc1[C@@H](O)CC1CCN(C(=O)OCc2ccccc2)CC1. The molecule has 8 heteroatoms. The van der Waals surface area contributed by atoms with Crippen molar-refractivity contribution >= 4 is 14.2 Å². The molecule has 0 unspecified atom stereocenters. The van der Waals surface area contributed by atoms with Crippen LogP contribution in [0, 0.1) is 5.92 Å². The van der Waals surface area contributed by atoms with Crippen LogP contribution in [-0.4, -0.2) is 54.1 Å². The highest BCUT2D eigenvalue weighted by molar-refractivity contribution is 6.76. The first kappa shape index (κ1) is 24.5. The number of aromatic amines is 1. The molecular weight excluding hydrogens is 422 g/mol. The molecule has 0 saturated carbocycles. The van der Waals surface area contributed by atoms with Crippen LogP contribution in [0.15, 0.2) is 36.5 Å². The lowest BCUT2D eigenvalue weighted by Crippen LogP contribution is -2.39. The number of benzene rings is 1. The van der Waals surface area contributed by atoms with E-state index in [4.69, 9.17) is 9.47 Å². The third-order valence-electron chi connectivity index (χ3n) is 5.98. The number of aliphatic hydroxyl groups excluding tert-OH is 1. The molecule has 1 aromatic carbocycles. The molecule has 0 aliphatic carbocycles. The van der Waals surface area contributed by atoms with Crippen LogP contribution in [0.25, 0.3) is 0 Å². The van der Waals surface area contributed by atoms with E-state index in [1.165, 1.54) is 0 Å². The van der Waals surface area contributed by atoms with Crippen molar-refractivity contribution in [2.24, 2.45) is 5.92 Å². The molecule has 2 N–H and O–H groups in total. The van der Waals surface area contributed by atoms with E-state index in [2.05, 4.69) is 29.8 Å². The van der Waals surface area contributed by atoms with E-state index in [0.29, 0.717) is 38.6 Å². The number of carbonyl (C=O) groups excluding carboxylic acids is 1. The predicted molar refractivity (Wildman–Crippen MR) is 127 cm³/mol. The van der Waals surface area contributed by atoms with Crippen LogP contribution in [-0.2, 0) is 22.7 Å². The van der Waals surface area contributed by atoms with Gasteiger partial charge in [0.25, 0.3) is 0 Å². The molecule has 0 bridgehead atoms. The Balaban J connectivity index is 1.39. The van der Waals surface area contributed by atoms with Gasteiger partial charge in [-0.05, 0) is 36.8 Å². The maximum absolute atomic E-state index is 12.3.